The van der Waals surface area contributed by atoms with E-state index in [0.29, 0.717) is 35.4 Å². The van der Waals surface area contributed by atoms with Crippen molar-refractivity contribution in [3.05, 3.63) is 72.1 Å². The third kappa shape index (κ3) is 3.73. The number of anilines is 1. The number of imidazole rings is 1. The van der Waals surface area contributed by atoms with Crippen LogP contribution < -0.4 is 4.90 Å². The van der Waals surface area contributed by atoms with Crippen LogP contribution in [0.4, 0.5) is 5.82 Å². The molecule has 6 rings (SSSR count). The lowest BCUT2D eigenvalue weighted by molar-refractivity contribution is 0.0968. The minimum absolute atomic E-state index is 0.0429. The predicted octanol–water partition coefficient (Wildman–Crippen LogP) is 4.92. The number of benzene rings is 1. The zero-order valence-electron chi connectivity index (χ0n) is 20.5. The summed E-state index contributed by atoms with van der Waals surface area (Å²) in [5.74, 6) is 1.86. The molecule has 8 nitrogen and oxygen atoms in total. The smallest absolute Gasteiger partial charge is 0.259 e. The average molecular weight is 468 g/mol. The molecule has 1 aromatic carbocycles. The Morgan fingerprint density at radius 1 is 1.09 bits per heavy atom. The van der Waals surface area contributed by atoms with Gasteiger partial charge in [-0.3, -0.25) is 9.69 Å². The van der Waals surface area contributed by atoms with Crippen molar-refractivity contribution in [2.24, 2.45) is 0 Å². The number of carbonyl (C=O) groups is 1. The Morgan fingerprint density at radius 2 is 1.91 bits per heavy atom. The molecule has 1 saturated carbocycles. The molecule has 35 heavy (non-hydrogen) atoms. The summed E-state index contributed by atoms with van der Waals surface area (Å²) in [4.78, 5) is 25.0. The van der Waals surface area contributed by atoms with Crippen LogP contribution in [0.5, 0.6) is 0 Å². The van der Waals surface area contributed by atoms with Crippen molar-refractivity contribution in [1.29, 1.82) is 0 Å². The lowest BCUT2D eigenvalue weighted by Gasteiger charge is -2.39. The van der Waals surface area contributed by atoms with Gasteiger partial charge < -0.3 is 9.13 Å². The molecule has 0 spiro atoms. The van der Waals surface area contributed by atoms with Crippen LogP contribution in [0.3, 0.4) is 0 Å². The molecule has 0 N–H and O–H groups in total. The average Bonchev–Trinajstić information content (AvgIpc) is 3.37. The Bertz CT molecular complexity index is 1430. The minimum atomic E-state index is -0.231. The Kier molecular flexibility index (Phi) is 4.88. The fourth-order valence-corrected chi connectivity index (χ4v) is 4.91. The molecule has 0 radical (unpaired) electrons. The summed E-state index contributed by atoms with van der Waals surface area (Å²) < 4.78 is 4.00. The molecule has 1 fully saturated rings. The van der Waals surface area contributed by atoms with Crippen LogP contribution in [0.2, 0.25) is 0 Å². The molecule has 1 aliphatic carbocycles. The Balaban J connectivity index is 1.38. The number of amides is 1. The van der Waals surface area contributed by atoms with E-state index in [0.717, 1.165) is 16.9 Å². The Morgan fingerprint density at radius 3 is 2.69 bits per heavy atom. The van der Waals surface area contributed by atoms with Gasteiger partial charge in [0.15, 0.2) is 5.82 Å². The highest BCUT2D eigenvalue weighted by Crippen LogP contribution is 2.40. The van der Waals surface area contributed by atoms with E-state index in [-0.39, 0.29) is 17.4 Å². The van der Waals surface area contributed by atoms with Gasteiger partial charge in [0.25, 0.3) is 5.91 Å². The number of fused-ring (bicyclic) bond motifs is 1. The van der Waals surface area contributed by atoms with Crippen molar-refractivity contribution in [2.75, 3.05) is 11.4 Å². The molecule has 1 amide bonds. The van der Waals surface area contributed by atoms with Crippen molar-refractivity contribution in [1.82, 2.24) is 29.3 Å². The summed E-state index contributed by atoms with van der Waals surface area (Å²) >= 11 is 0. The molecule has 0 bridgehead atoms. The zero-order valence-corrected chi connectivity index (χ0v) is 20.5. The van der Waals surface area contributed by atoms with Gasteiger partial charge in [-0.2, -0.15) is 0 Å². The van der Waals surface area contributed by atoms with Gasteiger partial charge in [-0.05, 0) is 56.5 Å². The van der Waals surface area contributed by atoms with Crippen LogP contribution in [-0.2, 0) is 5.41 Å². The summed E-state index contributed by atoms with van der Waals surface area (Å²) in [5, 5.41) is 8.35. The monoisotopic (exact) mass is 467 g/mol. The van der Waals surface area contributed by atoms with E-state index in [1.54, 1.807) is 11.2 Å². The van der Waals surface area contributed by atoms with E-state index >= 15 is 0 Å². The number of carbonyl (C=O) groups excluding carboxylic acids is 1. The first-order valence-electron chi connectivity index (χ1n) is 12.2. The maximum atomic E-state index is 13.8. The molecule has 4 aromatic rings. The fourth-order valence-electron chi connectivity index (χ4n) is 4.91. The number of pyridine rings is 1. The first kappa shape index (κ1) is 21.7. The van der Waals surface area contributed by atoms with Crippen molar-refractivity contribution in [2.45, 2.75) is 57.9 Å². The lowest BCUT2D eigenvalue weighted by Crippen LogP contribution is -2.47. The van der Waals surface area contributed by atoms with Crippen molar-refractivity contribution in [3.63, 3.8) is 0 Å². The number of hydrogen-bond acceptors (Lipinski definition) is 5. The lowest BCUT2D eigenvalue weighted by atomic mass is 9.78. The second-order valence-corrected chi connectivity index (χ2v) is 10.5. The summed E-state index contributed by atoms with van der Waals surface area (Å²) in [6, 6.07) is 12.1. The molecular formula is C27H29N7O. The summed E-state index contributed by atoms with van der Waals surface area (Å²) in [5.41, 5.74) is 4.31. The highest BCUT2D eigenvalue weighted by molar-refractivity contribution is 6.08. The van der Waals surface area contributed by atoms with E-state index in [1.165, 1.54) is 12.8 Å². The van der Waals surface area contributed by atoms with Gasteiger partial charge >= 0.3 is 0 Å². The van der Waals surface area contributed by atoms with Crippen molar-refractivity contribution < 1.29 is 4.79 Å². The van der Waals surface area contributed by atoms with Crippen LogP contribution in [0, 0.1) is 0 Å². The largest absolute Gasteiger partial charge is 0.310 e. The van der Waals surface area contributed by atoms with Crippen LogP contribution in [-0.4, -0.2) is 41.8 Å². The van der Waals surface area contributed by atoms with E-state index in [2.05, 4.69) is 61.2 Å². The Labute approximate surface area is 204 Å². The quantitative estimate of drug-likeness (QED) is 0.416. The van der Waals surface area contributed by atoms with Crippen LogP contribution in [0.25, 0.3) is 17.2 Å². The fraction of sp³-hybridized carbons (Fsp3) is 0.370. The SMILES string of the molecule is CC(C)n1cnnc1-c1cccc(N2CC(C)(C)c3ccc(-n4cnc(C5CC5)c4)cc3C2=O)n1. The van der Waals surface area contributed by atoms with Gasteiger partial charge in [0, 0.05) is 41.4 Å². The number of rotatable bonds is 5. The first-order chi connectivity index (χ1) is 16.8. The van der Waals surface area contributed by atoms with E-state index in [4.69, 9.17) is 4.98 Å². The molecule has 3 aromatic heterocycles. The summed E-state index contributed by atoms with van der Waals surface area (Å²) in [6.45, 7) is 9.05. The second kappa shape index (κ2) is 7.86. The molecular weight excluding hydrogens is 438 g/mol. The molecule has 0 saturated heterocycles. The highest BCUT2D eigenvalue weighted by Gasteiger charge is 2.38. The summed E-state index contributed by atoms with van der Waals surface area (Å²) in [7, 11) is 0. The molecule has 0 atom stereocenters. The van der Waals surface area contributed by atoms with Gasteiger partial charge in [0.1, 0.15) is 17.8 Å². The normalized spacial score (nSPS) is 17.2. The van der Waals surface area contributed by atoms with Gasteiger partial charge in [-0.25, -0.2) is 9.97 Å². The first-order valence-corrected chi connectivity index (χ1v) is 12.2. The summed E-state index contributed by atoms with van der Waals surface area (Å²) in [6.07, 6.45) is 8.07. The van der Waals surface area contributed by atoms with Crippen LogP contribution in [0.15, 0.2) is 55.2 Å². The molecule has 178 valence electrons. The molecule has 2 aliphatic rings. The molecule has 0 unspecified atom stereocenters. The predicted molar refractivity (Wildman–Crippen MR) is 134 cm³/mol. The second-order valence-electron chi connectivity index (χ2n) is 10.5. The highest BCUT2D eigenvalue weighted by atomic mass is 16.2. The minimum Gasteiger partial charge on any atom is -0.310 e. The van der Waals surface area contributed by atoms with Gasteiger partial charge in [-0.1, -0.05) is 26.0 Å². The third-order valence-electron chi connectivity index (χ3n) is 7.03. The Hall–Kier alpha value is -3.81. The van der Waals surface area contributed by atoms with Crippen molar-refractivity contribution >= 4 is 11.7 Å². The van der Waals surface area contributed by atoms with E-state index in [1.807, 2.05) is 39.7 Å². The topological polar surface area (TPSA) is 81.7 Å². The standard InChI is InChI=1S/C27H29N7O/c1-17(2)34-16-29-31-25(34)22-6-5-7-24(30-22)33-14-27(3,4)21-11-10-19(12-20(21)26(33)35)32-13-23(28-15-32)18-8-9-18/h5-7,10-13,15-18H,8-9,14H2,1-4H3. The van der Waals surface area contributed by atoms with Gasteiger partial charge in [-0.15, -0.1) is 10.2 Å². The maximum absolute atomic E-state index is 13.8. The molecule has 8 heteroatoms. The molecule has 4 heterocycles. The van der Waals surface area contributed by atoms with E-state index in [9.17, 15) is 4.79 Å². The third-order valence-corrected chi connectivity index (χ3v) is 7.03. The number of nitrogens with zero attached hydrogens (tertiary/aromatic N) is 7. The number of hydrogen-bond donors (Lipinski definition) is 0. The van der Waals surface area contributed by atoms with Gasteiger partial charge in [0.2, 0.25) is 0 Å². The van der Waals surface area contributed by atoms with Gasteiger partial charge in [0.05, 0.1) is 12.0 Å². The van der Waals surface area contributed by atoms with E-state index < -0.39 is 0 Å². The van der Waals surface area contributed by atoms with Crippen LogP contribution >= 0.6 is 0 Å². The van der Waals surface area contributed by atoms with Crippen LogP contribution in [0.1, 0.15) is 74.1 Å². The van der Waals surface area contributed by atoms with Crippen molar-refractivity contribution in [3.8, 4) is 17.2 Å². The maximum Gasteiger partial charge on any atom is 0.259 e. The number of aromatic nitrogens is 6. The molecule has 1 aliphatic heterocycles. The zero-order chi connectivity index (χ0) is 24.3.